The van der Waals surface area contributed by atoms with Crippen molar-refractivity contribution in [2.45, 2.75) is 33.9 Å². The summed E-state index contributed by atoms with van der Waals surface area (Å²) in [6, 6.07) is 57.3. The first-order valence-electron chi connectivity index (χ1n) is 24.6. The second kappa shape index (κ2) is 18.0. The van der Waals surface area contributed by atoms with E-state index < -0.39 is 11.7 Å². The van der Waals surface area contributed by atoms with Gasteiger partial charge < -0.3 is 9.13 Å². The molecule has 76 heavy (non-hydrogen) atoms. The molecule has 0 spiro atoms. The summed E-state index contributed by atoms with van der Waals surface area (Å²) in [5.74, 6) is 4.84. The molecule has 0 bridgehead atoms. The van der Waals surface area contributed by atoms with Crippen LogP contribution in [0.1, 0.15) is 28.9 Å². The number of halogens is 3. The number of para-hydroxylation sites is 2. The summed E-state index contributed by atoms with van der Waals surface area (Å²) in [6.07, 6.45) is -4.66. The van der Waals surface area contributed by atoms with Crippen LogP contribution in [0.3, 0.4) is 0 Å². The molecule has 366 valence electrons. The van der Waals surface area contributed by atoms with Crippen molar-refractivity contribution < 1.29 is 13.2 Å². The van der Waals surface area contributed by atoms with Crippen LogP contribution in [0.2, 0.25) is 0 Å². The third-order valence-corrected chi connectivity index (χ3v) is 13.6. The summed E-state index contributed by atoms with van der Waals surface area (Å²) in [6.45, 7) is 7.34. The van der Waals surface area contributed by atoms with Gasteiger partial charge in [0.2, 0.25) is 0 Å². The molecule has 0 atom stereocenters. The summed E-state index contributed by atoms with van der Waals surface area (Å²) in [7, 11) is 0. The SMILES string of the molecule is Cc1nc(C)nc(-c2ccc3c(c2)c2ccccc2n3-c2cc(-c3nc(-c4ccccc4)nc(-c4ccccc4)n3)ccc2-c2ccc(C(F)(F)F)cc2-n2c3ccccc3c3cc(-c4nc(C)nc(C)n4)ccc32)n1. The highest BCUT2D eigenvalue weighted by molar-refractivity contribution is 6.12. The molecule has 11 nitrogen and oxygen atoms in total. The van der Waals surface area contributed by atoms with Gasteiger partial charge in [-0.25, -0.2) is 44.9 Å². The van der Waals surface area contributed by atoms with E-state index in [9.17, 15) is 0 Å². The molecule has 0 saturated carbocycles. The Hall–Kier alpha value is -9.82. The summed E-state index contributed by atoms with van der Waals surface area (Å²) in [4.78, 5) is 42.7. The number of hydrogen-bond acceptors (Lipinski definition) is 9. The minimum atomic E-state index is -4.66. The fourth-order valence-corrected chi connectivity index (χ4v) is 10.4. The second-order valence-electron chi connectivity index (χ2n) is 18.7. The highest BCUT2D eigenvalue weighted by atomic mass is 19.4. The van der Waals surface area contributed by atoms with Crippen LogP contribution < -0.4 is 0 Å². The van der Waals surface area contributed by atoms with Crippen LogP contribution in [0.25, 0.3) is 123 Å². The Morgan fingerprint density at radius 3 is 1.12 bits per heavy atom. The number of aryl methyl sites for hydroxylation is 4. The van der Waals surface area contributed by atoms with Crippen LogP contribution in [0.5, 0.6) is 0 Å². The number of fused-ring (bicyclic) bond motifs is 6. The molecule has 0 radical (unpaired) electrons. The molecule has 13 rings (SSSR count). The first kappa shape index (κ1) is 46.0. The molecule has 0 amide bonds. The molecule has 14 heteroatoms. The van der Waals surface area contributed by atoms with Crippen LogP contribution in [0.4, 0.5) is 13.2 Å². The topological polar surface area (TPSA) is 126 Å². The largest absolute Gasteiger partial charge is 0.416 e. The van der Waals surface area contributed by atoms with E-state index in [1.165, 1.54) is 6.07 Å². The molecule has 8 aromatic carbocycles. The maximum absolute atomic E-state index is 15.2. The van der Waals surface area contributed by atoms with Crippen LogP contribution >= 0.6 is 0 Å². The van der Waals surface area contributed by atoms with Crippen molar-refractivity contribution in [3.05, 3.63) is 211 Å². The summed E-state index contributed by atoms with van der Waals surface area (Å²) >= 11 is 0. The standard InChI is InChI=1S/C62H42F3N11/c1-35-66-36(2)69-59(68-35)41-24-29-53-49(31-41)45-19-11-13-21-51(45)75(53)55-33-43(61-73-57(39-15-7-5-8-16-39)72-58(74-61)40-17-9-6-10-18-40)23-27-47(55)48-28-26-44(62(63,64)65)34-56(48)76-52-22-14-12-20-46(52)50-32-42(25-30-54(50)76)60-70-37(3)67-38(4)71-60/h5-34H,1-4H3. The van der Waals surface area contributed by atoms with Gasteiger partial charge in [-0.05, 0) is 94.4 Å². The Morgan fingerprint density at radius 2 is 0.658 bits per heavy atom. The summed E-state index contributed by atoms with van der Waals surface area (Å²) < 4.78 is 49.8. The number of alkyl halides is 3. The van der Waals surface area contributed by atoms with Crippen molar-refractivity contribution >= 4 is 43.6 Å². The lowest BCUT2D eigenvalue weighted by atomic mass is 9.97. The van der Waals surface area contributed by atoms with Crippen LogP contribution in [0, 0.1) is 27.7 Å². The maximum Gasteiger partial charge on any atom is 0.416 e. The Bertz CT molecular complexity index is 4360. The molecular weight excluding hydrogens is 956 g/mol. The van der Waals surface area contributed by atoms with Gasteiger partial charge in [0.1, 0.15) is 23.3 Å². The average Bonchev–Trinajstić information content (AvgIpc) is 4.05. The van der Waals surface area contributed by atoms with E-state index in [1.54, 1.807) is 6.07 Å². The molecule has 0 N–H and O–H groups in total. The lowest BCUT2D eigenvalue weighted by Gasteiger charge is -2.21. The fourth-order valence-electron chi connectivity index (χ4n) is 10.4. The van der Waals surface area contributed by atoms with Gasteiger partial charge in [0.15, 0.2) is 29.1 Å². The van der Waals surface area contributed by atoms with Gasteiger partial charge in [-0.2, -0.15) is 13.2 Å². The maximum atomic E-state index is 15.2. The van der Waals surface area contributed by atoms with E-state index in [2.05, 4.69) is 42.7 Å². The van der Waals surface area contributed by atoms with Gasteiger partial charge in [0.05, 0.1) is 39.0 Å². The molecule has 5 aromatic heterocycles. The van der Waals surface area contributed by atoms with Gasteiger partial charge in [0.25, 0.3) is 0 Å². The molecule has 0 saturated heterocycles. The quantitative estimate of drug-likeness (QED) is 0.146. The van der Waals surface area contributed by atoms with Gasteiger partial charge in [-0.3, -0.25) is 0 Å². The molecule has 5 heterocycles. The Kier molecular flexibility index (Phi) is 10.9. The molecule has 0 fully saturated rings. The zero-order chi connectivity index (χ0) is 51.8. The lowest BCUT2D eigenvalue weighted by Crippen LogP contribution is -2.08. The molecular formula is C62H42F3N11. The van der Waals surface area contributed by atoms with Crippen LogP contribution in [-0.2, 0) is 6.18 Å². The molecule has 0 aliphatic heterocycles. The van der Waals surface area contributed by atoms with Gasteiger partial charge in [-0.15, -0.1) is 0 Å². The molecule has 0 aliphatic rings. The zero-order valence-corrected chi connectivity index (χ0v) is 41.4. The summed E-state index contributed by atoms with van der Waals surface area (Å²) in [5, 5.41) is 3.54. The normalized spacial score (nSPS) is 11.9. The van der Waals surface area contributed by atoms with E-state index in [-0.39, 0.29) is 0 Å². The van der Waals surface area contributed by atoms with Crippen molar-refractivity contribution in [1.82, 2.24) is 54.0 Å². The van der Waals surface area contributed by atoms with E-state index >= 15 is 13.2 Å². The smallest absolute Gasteiger partial charge is 0.309 e. The van der Waals surface area contributed by atoms with Gasteiger partial charge in [-0.1, -0.05) is 115 Å². The highest BCUT2D eigenvalue weighted by Crippen LogP contribution is 2.45. The second-order valence-corrected chi connectivity index (χ2v) is 18.7. The third-order valence-electron chi connectivity index (χ3n) is 13.6. The Morgan fingerprint density at radius 1 is 0.303 bits per heavy atom. The Labute approximate surface area is 433 Å². The minimum absolute atomic E-state index is 0.330. The molecule has 13 aromatic rings. The average molecular weight is 998 g/mol. The summed E-state index contributed by atoms with van der Waals surface area (Å²) in [5.41, 5.74) is 8.41. The highest BCUT2D eigenvalue weighted by Gasteiger charge is 2.33. The van der Waals surface area contributed by atoms with E-state index in [0.29, 0.717) is 86.0 Å². The molecule has 0 aliphatic carbocycles. The minimum Gasteiger partial charge on any atom is -0.309 e. The molecule has 0 unspecified atom stereocenters. The van der Waals surface area contributed by atoms with Gasteiger partial charge in [0, 0.05) is 60.5 Å². The number of aromatic nitrogens is 11. The first-order chi connectivity index (χ1) is 36.9. The monoisotopic (exact) mass is 997 g/mol. The van der Waals surface area contributed by atoms with E-state index in [4.69, 9.17) is 24.9 Å². The van der Waals surface area contributed by atoms with Gasteiger partial charge >= 0.3 is 6.18 Å². The van der Waals surface area contributed by atoms with Crippen molar-refractivity contribution in [3.8, 4) is 79.4 Å². The fraction of sp³-hybridized carbons (Fsp3) is 0.0806. The van der Waals surface area contributed by atoms with Crippen LogP contribution in [0.15, 0.2) is 182 Å². The predicted octanol–water partition coefficient (Wildman–Crippen LogP) is 14.7. The predicted molar refractivity (Wildman–Crippen MR) is 292 cm³/mol. The third kappa shape index (κ3) is 8.07. The van der Waals surface area contributed by atoms with Crippen LogP contribution in [-0.4, -0.2) is 54.0 Å². The number of benzene rings is 8. The number of hydrogen-bond donors (Lipinski definition) is 0. The van der Waals surface area contributed by atoms with E-state index in [1.807, 2.05) is 178 Å². The van der Waals surface area contributed by atoms with Crippen molar-refractivity contribution in [1.29, 1.82) is 0 Å². The number of rotatable bonds is 8. The van der Waals surface area contributed by atoms with E-state index in [0.717, 1.165) is 66.4 Å². The van der Waals surface area contributed by atoms with Crippen molar-refractivity contribution in [2.75, 3.05) is 0 Å². The van der Waals surface area contributed by atoms with Crippen molar-refractivity contribution in [2.24, 2.45) is 0 Å². The Balaban J connectivity index is 1.11. The first-order valence-corrected chi connectivity index (χ1v) is 24.6. The lowest BCUT2D eigenvalue weighted by molar-refractivity contribution is -0.137. The van der Waals surface area contributed by atoms with Crippen molar-refractivity contribution in [3.63, 3.8) is 0 Å². The zero-order valence-electron chi connectivity index (χ0n) is 41.4. The number of nitrogens with zero attached hydrogens (tertiary/aromatic N) is 11.